The smallest absolute Gasteiger partial charge is 0.322 e. The molecule has 0 bridgehead atoms. The van der Waals surface area contributed by atoms with E-state index in [9.17, 15) is 9.59 Å². The third kappa shape index (κ3) is 2.64. The number of amides is 1. The largest absolute Gasteiger partial charge is 0.328 e. The van der Waals surface area contributed by atoms with Gasteiger partial charge in [0.05, 0.1) is 11.0 Å². The van der Waals surface area contributed by atoms with Crippen LogP contribution in [-0.2, 0) is 14.1 Å². The zero-order valence-corrected chi connectivity index (χ0v) is 13.8. The highest BCUT2D eigenvalue weighted by atomic mass is 35.5. The molecule has 0 atom stereocenters. The quantitative estimate of drug-likeness (QED) is 0.785. The lowest BCUT2D eigenvalue weighted by Crippen LogP contribution is -2.19. The number of fused-ring (bicyclic) bond motifs is 1. The Kier molecular flexibility index (Phi) is 3.74. The number of imidazole rings is 1. The van der Waals surface area contributed by atoms with E-state index in [2.05, 4.69) is 5.32 Å². The second-order valence-electron chi connectivity index (χ2n) is 5.52. The first-order chi connectivity index (χ1) is 10.9. The maximum Gasteiger partial charge on any atom is 0.328 e. The third-order valence-corrected chi connectivity index (χ3v) is 4.22. The highest BCUT2D eigenvalue weighted by Crippen LogP contribution is 2.21. The minimum absolute atomic E-state index is 0.122. The summed E-state index contributed by atoms with van der Waals surface area (Å²) < 4.78 is 3.08. The molecule has 1 aromatic heterocycles. The summed E-state index contributed by atoms with van der Waals surface area (Å²) in [6, 6.07) is 10.5. The lowest BCUT2D eigenvalue weighted by Gasteiger charge is -2.09. The standard InChI is InChI=1S/C17H16ClN3O2/c1-10-4-6-12(18)9-13(10)19-16(22)11-5-7-14-15(8-11)21(3)17(23)20(14)2/h4-9H,1-3H3,(H,19,22). The van der Waals surface area contributed by atoms with Gasteiger partial charge in [-0.3, -0.25) is 13.9 Å². The molecule has 1 N–H and O–H groups in total. The first kappa shape index (κ1) is 15.4. The van der Waals surface area contributed by atoms with E-state index in [0.29, 0.717) is 21.8 Å². The SMILES string of the molecule is Cc1ccc(Cl)cc1NC(=O)c1ccc2c(c1)n(C)c(=O)n2C. The van der Waals surface area contributed by atoms with E-state index in [4.69, 9.17) is 11.6 Å². The van der Waals surface area contributed by atoms with Gasteiger partial charge in [-0.05, 0) is 42.8 Å². The minimum Gasteiger partial charge on any atom is -0.322 e. The van der Waals surface area contributed by atoms with Gasteiger partial charge in [-0.25, -0.2) is 4.79 Å². The third-order valence-electron chi connectivity index (χ3n) is 3.98. The normalized spacial score (nSPS) is 11.0. The number of carbonyl (C=O) groups excluding carboxylic acids is 1. The van der Waals surface area contributed by atoms with Crippen LogP contribution in [0.2, 0.25) is 5.02 Å². The van der Waals surface area contributed by atoms with Gasteiger partial charge >= 0.3 is 5.69 Å². The fraction of sp³-hybridized carbons (Fsp3) is 0.176. The summed E-state index contributed by atoms with van der Waals surface area (Å²) in [5, 5.41) is 3.42. The van der Waals surface area contributed by atoms with Crippen molar-refractivity contribution in [2.24, 2.45) is 14.1 Å². The Labute approximate surface area is 138 Å². The van der Waals surface area contributed by atoms with Crippen LogP contribution < -0.4 is 11.0 Å². The Hall–Kier alpha value is -2.53. The van der Waals surface area contributed by atoms with Crippen molar-refractivity contribution in [2.45, 2.75) is 6.92 Å². The Balaban J connectivity index is 2.00. The molecule has 0 spiro atoms. The van der Waals surface area contributed by atoms with Crippen molar-refractivity contribution in [1.29, 1.82) is 0 Å². The number of rotatable bonds is 2. The molecule has 0 aliphatic heterocycles. The molecule has 0 aliphatic carbocycles. The van der Waals surface area contributed by atoms with Gasteiger partial charge in [0, 0.05) is 30.4 Å². The van der Waals surface area contributed by atoms with E-state index < -0.39 is 0 Å². The van der Waals surface area contributed by atoms with Gasteiger partial charge in [-0.2, -0.15) is 0 Å². The Morgan fingerprint density at radius 2 is 1.74 bits per heavy atom. The molecule has 0 aliphatic rings. The van der Waals surface area contributed by atoms with Crippen LogP contribution in [-0.4, -0.2) is 15.0 Å². The van der Waals surface area contributed by atoms with Crippen LogP contribution in [0.25, 0.3) is 11.0 Å². The lowest BCUT2D eigenvalue weighted by molar-refractivity contribution is 0.102. The van der Waals surface area contributed by atoms with Gasteiger partial charge < -0.3 is 5.32 Å². The van der Waals surface area contributed by atoms with Crippen molar-refractivity contribution < 1.29 is 4.79 Å². The summed E-state index contributed by atoms with van der Waals surface area (Å²) in [7, 11) is 3.40. The number of hydrogen-bond acceptors (Lipinski definition) is 2. The van der Waals surface area contributed by atoms with Crippen LogP contribution in [0.5, 0.6) is 0 Å². The van der Waals surface area contributed by atoms with Gasteiger partial charge in [0.2, 0.25) is 0 Å². The summed E-state index contributed by atoms with van der Waals surface area (Å²) in [5.41, 5.74) is 3.46. The molecule has 0 unspecified atom stereocenters. The van der Waals surface area contributed by atoms with Crippen LogP contribution >= 0.6 is 11.6 Å². The molecule has 1 amide bonds. The van der Waals surface area contributed by atoms with Crippen molar-refractivity contribution in [1.82, 2.24) is 9.13 Å². The predicted octanol–water partition coefficient (Wildman–Crippen LogP) is 3.09. The zero-order valence-electron chi connectivity index (χ0n) is 13.1. The van der Waals surface area contributed by atoms with E-state index in [1.807, 2.05) is 13.0 Å². The number of anilines is 1. The maximum atomic E-state index is 12.5. The second kappa shape index (κ2) is 5.59. The highest BCUT2D eigenvalue weighted by Gasteiger charge is 2.13. The molecule has 2 aromatic carbocycles. The van der Waals surface area contributed by atoms with Gasteiger partial charge in [0.1, 0.15) is 0 Å². The monoisotopic (exact) mass is 329 g/mol. The number of halogens is 1. The van der Waals surface area contributed by atoms with Crippen LogP contribution in [0.4, 0.5) is 5.69 Å². The Bertz CT molecular complexity index is 985. The predicted molar refractivity (Wildman–Crippen MR) is 92.3 cm³/mol. The summed E-state index contributed by atoms with van der Waals surface area (Å²) in [4.78, 5) is 24.4. The van der Waals surface area contributed by atoms with E-state index in [1.165, 1.54) is 4.57 Å². The molecule has 6 heteroatoms. The molecule has 0 radical (unpaired) electrons. The molecule has 0 fully saturated rings. The highest BCUT2D eigenvalue weighted by molar-refractivity contribution is 6.31. The van der Waals surface area contributed by atoms with Gasteiger partial charge in [0.25, 0.3) is 5.91 Å². The van der Waals surface area contributed by atoms with Crippen LogP contribution in [0.3, 0.4) is 0 Å². The molecule has 118 valence electrons. The van der Waals surface area contributed by atoms with Crippen molar-refractivity contribution in [3.63, 3.8) is 0 Å². The number of nitrogens with one attached hydrogen (secondary N) is 1. The lowest BCUT2D eigenvalue weighted by atomic mass is 10.1. The van der Waals surface area contributed by atoms with E-state index in [-0.39, 0.29) is 11.6 Å². The van der Waals surface area contributed by atoms with Crippen LogP contribution in [0, 0.1) is 6.92 Å². The number of nitrogens with zero attached hydrogens (tertiary/aromatic N) is 2. The molecule has 1 heterocycles. The zero-order chi connectivity index (χ0) is 16.7. The van der Waals surface area contributed by atoms with Crippen LogP contribution in [0.1, 0.15) is 15.9 Å². The molecule has 3 aromatic rings. The number of aryl methyl sites for hydroxylation is 3. The second-order valence-corrected chi connectivity index (χ2v) is 5.95. The topological polar surface area (TPSA) is 56.0 Å². The molecule has 3 rings (SSSR count). The Morgan fingerprint density at radius 1 is 1.04 bits per heavy atom. The number of aromatic nitrogens is 2. The molecular weight excluding hydrogens is 314 g/mol. The molecule has 0 saturated heterocycles. The number of carbonyl (C=O) groups is 1. The molecule has 5 nitrogen and oxygen atoms in total. The average Bonchev–Trinajstić information content (AvgIpc) is 2.75. The van der Waals surface area contributed by atoms with Crippen molar-refractivity contribution in [3.05, 3.63) is 63.0 Å². The molecule has 0 saturated carbocycles. The molecule has 23 heavy (non-hydrogen) atoms. The Morgan fingerprint density at radius 3 is 2.48 bits per heavy atom. The van der Waals surface area contributed by atoms with E-state index in [0.717, 1.165) is 11.1 Å². The summed E-state index contributed by atoms with van der Waals surface area (Å²) in [6.07, 6.45) is 0. The van der Waals surface area contributed by atoms with E-state index >= 15 is 0 Å². The minimum atomic E-state index is -0.242. The van der Waals surface area contributed by atoms with Gasteiger partial charge in [-0.1, -0.05) is 17.7 Å². The average molecular weight is 330 g/mol. The maximum absolute atomic E-state index is 12.5. The van der Waals surface area contributed by atoms with Crippen molar-refractivity contribution in [2.75, 3.05) is 5.32 Å². The van der Waals surface area contributed by atoms with Gasteiger partial charge in [0.15, 0.2) is 0 Å². The molecular formula is C17H16ClN3O2. The fourth-order valence-electron chi connectivity index (χ4n) is 2.57. The van der Waals surface area contributed by atoms with E-state index in [1.54, 1.807) is 49.0 Å². The van der Waals surface area contributed by atoms with Crippen LogP contribution in [0.15, 0.2) is 41.2 Å². The number of hydrogen-bond donors (Lipinski definition) is 1. The summed E-state index contributed by atoms with van der Waals surface area (Å²) in [5.74, 6) is -0.242. The van der Waals surface area contributed by atoms with Crippen molar-refractivity contribution >= 4 is 34.2 Å². The first-order valence-electron chi connectivity index (χ1n) is 7.11. The summed E-state index contributed by atoms with van der Waals surface area (Å²) in [6.45, 7) is 1.90. The van der Waals surface area contributed by atoms with Crippen molar-refractivity contribution in [3.8, 4) is 0 Å². The first-order valence-corrected chi connectivity index (χ1v) is 7.49. The summed E-state index contributed by atoms with van der Waals surface area (Å²) >= 11 is 5.97. The fourth-order valence-corrected chi connectivity index (χ4v) is 2.74. The number of benzene rings is 2. The van der Waals surface area contributed by atoms with Gasteiger partial charge in [-0.15, -0.1) is 0 Å².